The molecule has 1 N–H and O–H groups in total. The van der Waals surface area contributed by atoms with E-state index in [0.717, 1.165) is 36.2 Å². The first-order valence-corrected chi connectivity index (χ1v) is 11.3. The third kappa shape index (κ3) is 5.94. The zero-order valence-corrected chi connectivity index (χ0v) is 18.7. The zero-order chi connectivity index (χ0) is 21.3. The number of amides is 1. The lowest BCUT2D eigenvalue weighted by Crippen LogP contribution is -2.18. The highest BCUT2D eigenvalue weighted by Crippen LogP contribution is 2.29. The van der Waals surface area contributed by atoms with E-state index in [-0.39, 0.29) is 12.0 Å². The van der Waals surface area contributed by atoms with Crippen LogP contribution in [0.1, 0.15) is 53.1 Å². The first kappa shape index (κ1) is 22.1. The molecule has 0 saturated heterocycles. The molecule has 0 saturated carbocycles. The number of anilines is 2. The van der Waals surface area contributed by atoms with Gasteiger partial charge in [-0.05, 0) is 47.7 Å². The summed E-state index contributed by atoms with van der Waals surface area (Å²) in [7, 11) is 3.87. The summed E-state index contributed by atoms with van der Waals surface area (Å²) in [5.74, 6) is -0.114. The average Bonchev–Trinajstić information content (AvgIpc) is 3.29. The van der Waals surface area contributed by atoms with Gasteiger partial charge in [-0.25, -0.2) is 0 Å². The van der Waals surface area contributed by atoms with Gasteiger partial charge in [0, 0.05) is 30.3 Å². The third-order valence-electron chi connectivity index (χ3n) is 4.95. The Morgan fingerprint density at radius 1 is 1.10 bits per heavy atom. The van der Waals surface area contributed by atoms with Crippen LogP contribution in [0.4, 0.5) is 11.4 Å². The van der Waals surface area contributed by atoms with Crippen molar-refractivity contribution in [2.45, 2.75) is 38.9 Å². The second-order valence-electron chi connectivity index (χ2n) is 7.52. The maximum Gasteiger partial charge on any atom is 0.257 e. The molecular weight excluding hydrogens is 392 g/mol. The van der Waals surface area contributed by atoms with Crippen molar-refractivity contribution < 1.29 is 9.53 Å². The van der Waals surface area contributed by atoms with Crippen molar-refractivity contribution in [3.63, 3.8) is 0 Å². The SMILES string of the molecule is CCCCC(OCc1cccc(NC(=O)c2ccccc2N(C)C)c1)c1cccs1. The Bertz CT molecular complexity index is 938. The summed E-state index contributed by atoms with van der Waals surface area (Å²) in [6, 6.07) is 19.7. The molecule has 0 aliphatic carbocycles. The number of carbonyl (C=O) groups excluding carboxylic acids is 1. The highest BCUT2D eigenvalue weighted by molar-refractivity contribution is 7.10. The van der Waals surface area contributed by atoms with Crippen molar-refractivity contribution in [1.29, 1.82) is 0 Å². The minimum atomic E-state index is -0.114. The Kier molecular flexibility index (Phi) is 8.05. The molecule has 158 valence electrons. The van der Waals surface area contributed by atoms with Crippen LogP contribution in [0.5, 0.6) is 0 Å². The van der Waals surface area contributed by atoms with Gasteiger partial charge in [0.1, 0.15) is 0 Å². The zero-order valence-electron chi connectivity index (χ0n) is 17.9. The fourth-order valence-electron chi connectivity index (χ4n) is 3.36. The smallest absolute Gasteiger partial charge is 0.257 e. The Labute approximate surface area is 183 Å². The van der Waals surface area contributed by atoms with E-state index in [1.807, 2.05) is 67.5 Å². The number of benzene rings is 2. The number of hydrogen-bond acceptors (Lipinski definition) is 4. The maximum absolute atomic E-state index is 12.8. The minimum Gasteiger partial charge on any atom is -0.377 e. The van der Waals surface area contributed by atoms with E-state index in [1.54, 1.807) is 11.3 Å². The van der Waals surface area contributed by atoms with Gasteiger partial charge in [-0.2, -0.15) is 0 Å². The molecule has 0 bridgehead atoms. The first-order chi connectivity index (χ1) is 14.6. The molecule has 0 aliphatic rings. The second-order valence-corrected chi connectivity index (χ2v) is 8.50. The molecule has 2 aromatic carbocycles. The summed E-state index contributed by atoms with van der Waals surface area (Å²) in [4.78, 5) is 16.0. The first-order valence-electron chi connectivity index (χ1n) is 10.4. The van der Waals surface area contributed by atoms with Crippen LogP contribution in [0, 0.1) is 0 Å². The molecule has 0 spiro atoms. The quantitative estimate of drug-likeness (QED) is 0.405. The van der Waals surface area contributed by atoms with E-state index in [2.05, 4.69) is 29.8 Å². The van der Waals surface area contributed by atoms with E-state index < -0.39 is 0 Å². The molecule has 1 unspecified atom stereocenters. The van der Waals surface area contributed by atoms with Crippen molar-refractivity contribution in [2.24, 2.45) is 0 Å². The van der Waals surface area contributed by atoms with E-state index in [1.165, 1.54) is 4.88 Å². The molecule has 5 heteroatoms. The van der Waals surface area contributed by atoms with Gasteiger partial charge in [0.2, 0.25) is 0 Å². The summed E-state index contributed by atoms with van der Waals surface area (Å²) >= 11 is 1.74. The molecule has 0 radical (unpaired) electrons. The predicted molar refractivity (Wildman–Crippen MR) is 127 cm³/mol. The molecule has 1 aromatic heterocycles. The number of unbranched alkanes of at least 4 members (excludes halogenated alkanes) is 1. The van der Waals surface area contributed by atoms with Crippen LogP contribution in [0.3, 0.4) is 0 Å². The summed E-state index contributed by atoms with van der Waals surface area (Å²) in [5, 5.41) is 5.12. The number of thiophene rings is 1. The van der Waals surface area contributed by atoms with Gasteiger partial charge in [-0.3, -0.25) is 4.79 Å². The molecule has 30 heavy (non-hydrogen) atoms. The lowest BCUT2D eigenvalue weighted by atomic mass is 10.1. The van der Waals surface area contributed by atoms with E-state index in [0.29, 0.717) is 12.2 Å². The summed E-state index contributed by atoms with van der Waals surface area (Å²) in [5.41, 5.74) is 3.37. The molecule has 1 atom stereocenters. The van der Waals surface area contributed by atoms with Crippen LogP contribution in [-0.2, 0) is 11.3 Å². The topological polar surface area (TPSA) is 41.6 Å². The van der Waals surface area contributed by atoms with Gasteiger partial charge in [-0.15, -0.1) is 11.3 Å². The number of carbonyl (C=O) groups is 1. The lowest BCUT2D eigenvalue weighted by Gasteiger charge is -2.18. The second kappa shape index (κ2) is 11.0. The van der Waals surface area contributed by atoms with Crippen molar-refractivity contribution in [1.82, 2.24) is 0 Å². The largest absolute Gasteiger partial charge is 0.377 e. The summed E-state index contributed by atoms with van der Waals surface area (Å²) in [6.45, 7) is 2.72. The third-order valence-corrected chi connectivity index (χ3v) is 5.91. The Morgan fingerprint density at radius 3 is 2.67 bits per heavy atom. The molecule has 3 rings (SSSR count). The van der Waals surface area contributed by atoms with Crippen LogP contribution < -0.4 is 10.2 Å². The fraction of sp³-hybridized carbons (Fsp3) is 0.320. The number of para-hydroxylation sites is 1. The minimum absolute atomic E-state index is 0.114. The molecule has 4 nitrogen and oxygen atoms in total. The lowest BCUT2D eigenvalue weighted by molar-refractivity contribution is 0.0348. The van der Waals surface area contributed by atoms with Crippen molar-refractivity contribution >= 4 is 28.6 Å². The number of ether oxygens (including phenoxy) is 1. The molecule has 1 heterocycles. The average molecular weight is 423 g/mol. The standard InChI is InChI=1S/C25H30N2O2S/c1-4-5-14-23(24-15-9-16-30-24)29-18-19-10-8-11-20(17-19)26-25(28)21-12-6-7-13-22(21)27(2)3/h6-13,15-17,23H,4-5,14,18H2,1-3H3,(H,26,28). The fourth-order valence-corrected chi connectivity index (χ4v) is 4.17. The molecule has 3 aromatic rings. The van der Waals surface area contributed by atoms with Gasteiger partial charge in [0.25, 0.3) is 5.91 Å². The van der Waals surface area contributed by atoms with Crippen molar-refractivity contribution in [3.8, 4) is 0 Å². The summed E-state index contributed by atoms with van der Waals surface area (Å²) in [6.07, 6.45) is 3.44. The molecular formula is C25H30N2O2S. The Balaban J connectivity index is 1.66. The van der Waals surface area contributed by atoms with E-state index >= 15 is 0 Å². The highest BCUT2D eigenvalue weighted by atomic mass is 32.1. The normalized spacial score (nSPS) is 11.8. The van der Waals surface area contributed by atoms with Crippen LogP contribution in [0.15, 0.2) is 66.0 Å². The van der Waals surface area contributed by atoms with Gasteiger partial charge in [0.05, 0.1) is 18.3 Å². The number of nitrogens with zero attached hydrogens (tertiary/aromatic N) is 1. The van der Waals surface area contributed by atoms with Gasteiger partial charge in [-0.1, -0.05) is 50.1 Å². The van der Waals surface area contributed by atoms with Crippen molar-refractivity contribution in [3.05, 3.63) is 82.0 Å². The van der Waals surface area contributed by atoms with Crippen LogP contribution >= 0.6 is 11.3 Å². The van der Waals surface area contributed by atoms with Crippen LogP contribution in [0.25, 0.3) is 0 Å². The van der Waals surface area contributed by atoms with Crippen LogP contribution in [-0.4, -0.2) is 20.0 Å². The van der Waals surface area contributed by atoms with Gasteiger partial charge >= 0.3 is 0 Å². The van der Waals surface area contributed by atoms with Crippen LogP contribution in [0.2, 0.25) is 0 Å². The molecule has 0 fully saturated rings. The van der Waals surface area contributed by atoms with Crippen molar-refractivity contribution in [2.75, 3.05) is 24.3 Å². The number of hydrogen-bond donors (Lipinski definition) is 1. The predicted octanol–water partition coefficient (Wildman–Crippen LogP) is 6.51. The van der Waals surface area contributed by atoms with Gasteiger partial charge < -0.3 is 15.0 Å². The van der Waals surface area contributed by atoms with E-state index in [9.17, 15) is 4.79 Å². The van der Waals surface area contributed by atoms with Gasteiger partial charge in [0.15, 0.2) is 0 Å². The number of nitrogens with one attached hydrogen (secondary N) is 1. The Morgan fingerprint density at radius 2 is 1.93 bits per heavy atom. The Hall–Kier alpha value is -2.63. The van der Waals surface area contributed by atoms with E-state index in [4.69, 9.17) is 4.74 Å². The molecule has 1 amide bonds. The summed E-state index contributed by atoms with van der Waals surface area (Å²) < 4.78 is 6.26. The highest BCUT2D eigenvalue weighted by Gasteiger charge is 2.14. The maximum atomic E-state index is 12.8. The monoisotopic (exact) mass is 422 g/mol. The molecule has 0 aliphatic heterocycles. The number of rotatable bonds is 10.